The number of rotatable bonds is 7. The Hall–Kier alpha value is -1.43. The minimum Gasteiger partial charge on any atom is -0.465 e. The number of carbonyl (C=O) groups excluding carboxylic acids is 1. The van der Waals surface area contributed by atoms with E-state index in [2.05, 4.69) is 11.7 Å². The molecule has 0 spiro atoms. The van der Waals surface area contributed by atoms with Crippen molar-refractivity contribution in [2.75, 3.05) is 13.4 Å². The molecule has 0 aromatic heterocycles. The maximum absolute atomic E-state index is 14.4. The number of esters is 1. The number of unbranched alkanes of at least 4 members (excludes halogenated alkanes) is 3. The number of sulfone groups is 1. The van der Waals surface area contributed by atoms with Crippen LogP contribution in [0.1, 0.15) is 48.5 Å². The Bertz CT molecular complexity index is 608. The van der Waals surface area contributed by atoms with Crippen LogP contribution in [-0.4, -0.2) is 27.8 Å². The lowest BCUT2D eigenvalue weighted by Crippen LogP contribution is -2.12. The van der Waals surface area contributed by atoms with Gasteiger partial charge in [-0.05, 0) is 24.5 Å². The van der Waals surface area contributed by atoms with Crippen molar-refractivity contribution < 1.29 is 22.3 Å². The number of halogens is 1. The zero-order valence-electron chi connectivity index (χ0n) is 12.6. The molecule has 1 aromatic rings. The van der Waals surface area contributed by atoms with Gasteiger partial charge < -0.3 is 4.74 Å². The molecule has 1 rings (SSSR count). The number of aryl methyl sites for hydroxylation is 1. The van der Waals surface area contributed by atoms with E-state index < -0.39 is 21.6 Å². The topological polar surface area (TPSA) is 60.4 Å². The van der Waals surface area contributed by atoms with Crippen LogP contribution >= 0.6 is 0 Å². The van der Waals surface area contributed by atoms with Crippen molar-refractivity contribution in [3.05, 3.63) is 29.1 Å². The fourth-order valence-corrected chi connectivity index (χ4v) is 3.29. The Balaban J connectivity index is 3.20. The van der Waals surface area contributed by atoms with Crippen molar-refractivity contribution >= 4 is 15.8 Å². The highest BCUT2D eigenvalue weighted by molar-refractivity contribution is 7.90. The van der Waals surface area contributed by atoms with E-state index in [1.807, 2.05) is 0 Å². The highest BCUT2D eigenvalue weighted by Gasteiger charge is 2.24. The van der Waals surface area contributed by atoms with E-state index in [-0.39, 0.29) is 10.5 Å². The molecule has 1 aromatic carbocycles. The molecule has 0 saturated carbocycles. The molecule has 0 bridgehead atoms. The van der Waals surface area contributed by atoms with Gasteiger partial charge in [0.15, 0.2) is 15.7 Å². The lowest BCUT2D eigenvalue weighted by Gasteiger charge is -2.11. The Morgan fingerprint density at radius 1 is 1.24 bits per heavy atom. The fraction of sp³-hybridized carbons (Fsp3) is 0.533. The fourth-order valence-electron chi connectivity index (χ4n) is 2.20. The van der Waals surface area contributed by atoms with Gasteiger partial charge in [0, 0.05) is 6.26 Å². The maximum atomic E-state index is 14.4. The number of carbonyl (C=O) groups is 1. The third-order valence-electron chi connectivity index (χ3n) is 3.25. The molecule has 0 atom stereocenters. The number of ether oxygens (including phenoxy) is 1. The van der Waals surface area contributed by atoms with Crippen LogP contribution in [0.5, 0.6) is 0 Å². The van der Waals surface area contributed by atoms with Gasteiger partial charge >= 0.3 is 5.97 Å². The molecule has 0 amide bonds. The van der Waals surface area contributed by atoms with Crippen LogP contribution in [-0.2, 0) is 21.0 Å². The van der Waals surface area contributed by atoms with Crippen LogP contribution in [0, 0.1) is 5.82 Å². The van der Waals surface area contributed by atoms with E-state index in [1.54, 1.807) is 0 Å². The van der Waals surface area contributed by atoms with Gasteiger partial charge in [-0.25, -0.2) is 17.6 Å². The molecule has 0 fully saturated rings. The first kappa shape index (κ1) is 17.6. The minimum absolute atomic E-state index is 0.352. The van der Waals surface area contributed by atoms with Crippen LogP contribution in [0.2, 0.25) is 0 Å². The largest absolute Gasteiger partial charge is 0.465 e. The number of methoxy groups -OCH3 is 1. The second-order valence-corrected chi connectivity index (χ2v) is 6.94. The van der Waals surface area contributed by atoms with Crippen LogP contribution in [0.3, 0.4) is 0 Å². The van der Waals surface area contributed by atoms with Gasteiger partial charge in [-0.3, -0.25) is 0 Å². The summed E-state index contributed by atoms with van der Waals surface area (Å²) in [7, 11) is -2.63. The molecule has 0 aliphatic heterocycles. The first-order valence-corrected chi connectivity index (χ1v) is 8.81. The molecule has 118 valence electrons. The summed E-state index contributed by atoms with van der Waals surface area (Å²) < 4.78 is 42.5. The van der Waals surface area contributed by atoms with E-state index in [1.165, 1.54) is 12.1 Å². The summed E-state index contributed by atoms with van der Waals surface area (Å²) in [5, 5.41) is 0. The van der Waals surface area contributed by atoms with Crippen molar-refractivity contribution in [3.8, 4) is 0 Å². The van der Waals surface area contributed by atoms with Gasteiger partial charge in [-0.15, -0.1) is 0 Å². The molecular weight excluding hydrogens is 295 g/mol. The highest BCUT2D eigenvalue weighted by Crippen LogP contribution is 2.25. The van der Waals surface area contributed by atoms with E-state index in [0.29, 0.717) is 12.0 Å². The van der Waals surface area contributed by atoms with Gasteiger partial charge in [0.2, 0.25) is 0 Å². The summed E-state index contributed by atoms with van der Waals surface area (Å²) in [5.74, 6) is -1.90. The van der Waals surface area contributed by atoms with Crippen LogP contribution < -0.4 is 0 Å². The zero-order chi connectivity index (χ0) is 16.0. The summed E-state index contributed by atoms with van der Waals surface area (Å²) in [4.78, 5) is 11.1. The van der Waals surface area contributed by atoms with E-state index in [0.717, 1.165) is 39.0 Å². The van der Waals surface area contributed by atoms with Crippen molar-refractivity contribution in [2.45, 2.75) is 43.9 Å². The second kappa shape index (κ2) is 7.54. The summed E-state index contributed by atoms with van der Waals surface area (Å²) >= 11 is 0. The van der Waals surface area contributed by atoms with E-state index in [4.69, 9.17) is 0 Å². The Kier molecular flexibility index (Phi) is 6.33. The third-order valence-corrected chi connectivity index (χ3v) is 4.44. The van der Waals surface area contributed by atoms with Crippen molar-refractivity contribution in [2.24, 2.45) is 0 Å². The summed E-state index contributed by atoms with van der Waals surface area (Å²) in [6.45, 7) is 2.08. The number of hydrogen-bond acceptors (Lipinski definition) is 4. The molecular formula is C15H21FO4S. The molecule has 6 heteroatoms. The smallest absolute Gasteiger partial charge is 0.340 e. The quantitative estimate of drug-likeness (QED) is 0.573. The molecule has 0 N–H and O–H groups in total. The van der Waals surface area contributed by atoms with Gasteiger partial charge in [-0.1, -0.05) is 32.3 Å². The summed E-state index contributed by atoms with van der Waals surface area (Å²) in [6.07, 6.45) is 5.28. The van der Waals surface area contributed by atoms with Gasteiger partial charge in [-0.2, -0.15) is 0 Å². The van der Waals surface area contributed by atoms with E-state index in [9.17, 15) is 17.6 Å². The molecule has 0 heterocycles. The molecule has 0 saturated heterocycles. The SMILES string of the molecule is CCCCCCc1ccc(C(=O)OC)c(F)c1S(C)(=O)=O. The van der Waals surface area contributed by atoms with Crippen LogP contribution in [0.4, 0.5) is 4.39 Å². The maximum Gasteiger partial charge on any atom is 0.340 e. The second-order valence-electron chi connectivity index (χ2n) is 4.99. The predicted octanol–water partition coefficient (Wildman–Crippen LogP) is 3.14. The average molecular weight is 316 g/mol. The molecule has 4 nitrogen and oxygen atoms in total. The third kappa shape index (κ3) is 4.52. The summed E-state index contributed by atoms with van der Waals surface area (Å²) in [6, 6.07) is 2.78. The Labute approximate surface area is 125 Å². The van der Waals surface area contributed by atoms with Gasteiger partial charge in [0.05, 0.1) is 12.7 Å². The standard InChI is InChI=1S/C15H21FO4S/c1-4-5-6-7-8-11-9-10-12(15(17)20-2)13(16)14(11)21(3,18)19/h9-10H,4-8H2,1-3H3. The molecule has 0 unspecified atom stereocenters. The molecule has 0 radical (unpaired) electrons. The zero-order valence-corrected chi connectivity index (χ0v) is 13.4. The molecule has 0 aliphatic carbocycles. The van der Waals surface area contributed by atoms with Gasteiger partial charge in [0.25, 0.3) is 0 Å². The molecule has 0 aliphatic rings. The monoisotopic (exact) mass is 316 g/mol. The van der Waals surface area contributed by atoms with Crippen LogP contribution in [0.25, 0.3) is 0 Å². The van der Waals surface area contributed by atoms with E-state index >= 15 is 0 Å². The number of hydrogen-bond donors (Lipinski definition) is 0. The lowest BCUT2D eigenvalue weighted by molar-refractivity contribution is 0.0594. The Morgan fingerprint density at radius 2 is 1.90 bits per heavy atom. The lowest BCUT2D eigenvalue weighted by atomic mass is 10.0. The average Bonchev–Trinajstić information content (AvgIpc) is 2.41. The predicted molar refractivity (Wildman–Crippen MR) is 78.7 cm³/mol. The Morgan fingerprint density at radius 3 is 2.43 bits per heavy atom. The highest BCUT2D eigenvalue weighted by atomic mass is 32.2. The van der Waals surface area contributed by atoms with Gasteiger partial charge in [0.1, 0.15) is 4.90 Å². The van der Waals surface area contributed by atoms with Crippen LogP contribution in [0.15, 0.2) is 17.0 Å². The molecule has 21 heavy (non-hydrogen) atoms. The van der Waals surface area contributed by atoms with Crippen molar-refractivity contribution in [1.82, 2.24) is 0 Å². The number of benzene rings is 1. The summed E-state index contributed by atoms with van der Waals surface area (Å²) in [5.41, 5.74) is 0.0639. The minimum atomic E-state index is -3.75. The normalized spacial score (nSPS) is 11.4. The van der Waals surface area contributed by atoms with Crippen molar-refractivity contribution in [3.63, 3.8) is 0 Å². The first-order chi connectivity index (χ1) is 9.82. The van der Waals surface area contributed by atoms with Crippen molar-refractivity contribution in [1.29, 1.82) is 0 Å². The first-order valence-electron chi connectivity index (χ1n) is 6.92.